The van der Waals surface area contributed by atoms with Crippen LogP contribution >= 0.6 is 0 Å². The van der Waals surface area contributed by atoms with Gasteiger partial charge >= 0.3 is 12.0 Å². The van der Waals surface area contributed by atoms with Gasteiger partial charge in [0.1, 0.15) is 0 Å². The van der Waals surface area contributed by atoms with Crippen LogP contribution in [-0.4, -0.2) is 35.9 Å². The third-order valence-corrected chi connectivity index (χ3v) is 5.72. The van der Waals surface area contributed by atoms with E-state index in [4.69, 9.17) is 9.84 Å². The molecule has 0 saturated carbocycles. The second-order valence-corrected chi connectivity index (χ2v) is 7.66. The fourth-order valence-corrected chi connectivity index (χ4v) is 4.27. The number of rotatable bonds is 10. The monoisotopic (exact) mass is 386 g/mol. The Balaban J connectivity index is 1.40. The molecule has 0 spiro atoms. The molecule has 3 N–H and O–H groups in total. The zero-order chi connectivity index (χ0) is 19.8. The molecule has 1 aromatic rings. The molecule has 4 atom stereocenters. The van der Waals surface area contributed by atoms with Crippen LogP contribution in [0, 0.1) is 11.8 Å². The Bertz CT molecular complexity index is 676. The maximum absolute atomic E-state index is 12.1. The molecule has 3 rings (SSSR count). The number of benzene rings is 1. The van der Waals surface area contributed by atoms with Crippen molar-refractivity contribution in [3.63, 3.8) is 0 Å². The number of hydrogen-bond donors (Lipinski definition) is 3. The van der Waals surface area contributed by atoms with Crippen LogP contribution < -0.4 is 10.6 Å². The second-order valence-electron chi connectivity index (χ2n) is 7.66. The minimum Gasteiger partial charge on any atom is -0.481 e. The number of carbonyl (C=O) groups is 2. The number of allylic oxidation sites excluding steroid dienone is 2. The highest BCUT2D eigenvalue weighted by atomic mass is 16.5. The van der Waals surface area contributed by atoms with Gasteiger partial charge in [0, 0.05) is 25.4 Å². The zero-order valence-electron chi connectivity index (χ0n) is 16.2. The number of unbranched alkanes of at least 4 members (excludes halogenated alkanes) is 1. The Morgan fingerprint density at radius 2 is 1.82 bits per heavy atom. The van der Waals surface area contributed by atoms with Crippen molar-refractivity contribution < 1.29 is 19.4 Å². The van der Waals surface area contributed by atoms with Crippen molar-refractivity contribution in [1.82, 2.24) is 10.6 Å². The predicted octanol–water partition coefficient (Wildman–Crippen LogP) is 3.48. The standard InChI is InChI=1S/C22H30N2O4/c25-21(26)11-7-2-1-6-10-17-18(20-13-12-19(17)28-20)15-24-22(27)23-14-16-8-4-3-5-9-16/h1,3-6,8-9,17-20H,2,7,10-15H2,(H,25,26)(H2,23,24,27)/b6-1-/t17-,18?,19+,20-/m1/s1. The summed E-state index contributed by atoms with van der Waals surface area (Å²) in [5, 5.41) is 14.6. The van der Waals surface area contributed by atoms with Crippen LogP contribution in [-0.2, 0) is 16.1 Å². The van der Waals surface area contributed by atoms with Gasteiger partial charge in [-0.25, -0.2) is 4.79 Å². The van der Waals surface area contributed by atoms with Gasteiger partial charge in [0.2, 0.25) is 0 Å². The van der Waals surface area contributed by atoms with Gasteiger partial charge in [0.05, 0.1) is 12.2 Å². The molecule has 0 aromatic heterocycles. The van der Waals surface area contributed by atoms with Gasteiger partial charge in [0.25, 0.3) is 0 Å². The molecule has 28 heavy (non-hydrogen) atoms. The molecule has 6 nitrogen and oxygen atoms in total. The lowest BCUT2D eigenvalue weighted by Gasteiger charge is -2.27. The molecule has 2 aliphatic heterocycles. The smallest absolute Gasteiger partial charge is 0.315 e. The van der Waals surface area contributed by atoms with E-state index in [1.165, 1.54) is 0 Å². The van der Waals surface area contributed by atoms with Crippen LogP contribution in [0.3, 0.4) is 0 Å². The number of urea groups is 1. The summed E-state index contributed by atoms with van der Waals surface area (Å²) in [4.78, 5) is 22.7. The SMILES string of the molecule is O=C(O)CCC/C=C\C[C@@H]1C(CNC(=O)NCc2ccccc2)[C@H]2CC[C@@H]1O2. The number of ether oxygens (including phenoxy) is 1. The van der Waals surface area contributed by atoms with E-state index in [2.05, 4.69) is 22.8 Å². The van der Waals surface area contributed by atoms with E-state index in [-0.39, 0.29) is 24.7 Å². The van der Waals surface area contributed by atoms with Crippen molar-refractivity contribution in [1.29, 1.82) is 0 Å². The lowest BCUT2D eigenvalue weighted by molar-refractivity contribution is -0.137. The van der Waals surface area contributed by atoms with Gasteiger partial charge in [-0.05, 0) is 43.6 Å². The average Bonchev–Trinajstić information content (AvgIpc) is 3.30. The maximum atomic E-state index is 12.1. The molecule has 6 heteroatoms. The van der Waals surface area contributed by atoms with Gasteiger partial charge in [-0.15, -0.1) is 0 Å². The number of amides is 2. The summed E-state index contributed by atoms with van der Waals surface area (Å²) in [6.07, 6.45) is 9.52. The molecule has 2 bridgehead atoms. The number of carboxylic acids is 1. The highest BCUT2D eigenvalue weighted by Gasteiger charge is 2.47. The lowest BCUT2D eigenvalue weighted by Crippen LogP contribution is -2.42. The van der Waals surface area contributed by atoms with Gasteiger partial charge < -0.3 is 20.5 Å². The summed E-state index contributed by atoms with van der Waals surface area (Å²) in [5.74, 6) is 0.0142. The Kier molecular flexibility index (Phi) is 7.48. The average molecular weight is 386 g/mol. The first kappa shape index (κ1) is 20.4. The highest BCUT2D eigenvalue weighted by Crippen LogP contribution is 2.44. The second kappa shape index (κ2) is 10.3. The normalized spacial score (nSPS) is 25.9. The Morgan fingerprint density at radius 3 is 2.57 bits per heavy atom. The Morgan fingerprint density at radius 1 is 1.07 bits per heavy atom. The largest absolute Gasteiger partial charge is 0.481 e. The summed E-state index contributed by atoms with van der Waals surface area (Å²) < 4.78 is 6.09. The van der Waals surface area contributed by atoms with E-state index in [0.29, 0.717) is 31.3 Å². The summed E-state index contributed by atoms with van der Waals surface area (Å²) >= 11 is 0. The van der Waals surface area contributed by atoms with Gasteiger partial charge in [-0.2, -0.15) is 0 Å². The van der Waals surface area contributed by atoms with Crippen molar-refractivity contribution in [2.24, 2.45) is 11.8 Å². The molecule has 2 heterocycles. The first-order valence-corrected chi connectivity index (χ1v) is 10.2. The summed E-state index contributed by atoms with van der Waals surface area (Å²) in [7, 11) is 0. The maximum Gasteiger partial charge on any atom is 0.315 e. The van der Waals surface area contributed by atoms with Crippen molar-refractivity contribution in [3.05, 3.63) is 48.0 Å². The van der Waals surface area contributed by atoms with Crippen LogP contribution in [0.25, 0.3) is 0 Å². The molecule has 1 unspecified atom stereocenters. The third-order valence-electron chi connectivity index (χ3n) is 5.72. The minimum absolute atomic E-state index is 0.144. The van der Waals surface area contributed by atoms with E-state index in [9.17, 15) is 9.59 Å². The van der Waals surface area contributed by atoms with E-state index >= 15 is 0 Å². The number of hydrogen-bond acceptors (Lipinski definition) is 3. The van der Waals surface area contributed by atoms with E-state index in [0.717, 1.165) is 31.2 Å². The van der Waals surface area contributed by atoms with Gasteiger partial charge in [-0.3, -0.25) is 4.79 Å². The van der Waals surface area contributed by atoms with Crippen molar-refractivity contribution in [2.75, 3.05) is 6.54 Å². The summed E-state index contributed by atoms with van der Waals surface area (Å²) in [6.45, 7) is 1.14. The zero-order valence-corrected chi connectivity index (χ0v) is 16.2. The molecular weight excluding hydrogens is 356 g/mol. The van der Waals surface area contributed by atoms with E-state index in [1.807, 2.05) is 30.3 Å². The topological polar surface area (TPSA) is 87.7 Å². The molecule has 2 amide bonds. The van der Waals surface area contributed by atoms with Crippen molar-refractivity contribution in [2.45, 2.75) is 57.3 Å². The molecule has 0 radical (unpaired) electrons. The lowest BCUT2D eigenvalue weighted by atomic mass is 9.77. The van der Waals surface area contributed by atoms with Crippen LogP contribution in [0.2, 0.25) is 0 Å². The molecule has 0 aliphatic carbocycles. The molecule has 2 aliphatic rings. The van der Waals surface area contributed by atoms with Gasteiger partial charge in [0.15, 0.2) is 0 Å². The molecule has 2 saturated heterocycles. The number of carboxylic acid groups (broad SMARTS) is 1. The number of nitrogens with one attached hydrogen (secondary N) is 2. The summed E-state index contributed by atoms with van der Waals surface area (Å²) in [6, 6.07) is 9.71. The highest BCUT2D eigenvalue weighted by molar-refractivity contribution is 5.73. The Hall–Kier alpha value is -2.34. The van der Waals surface area contributed by atoms with Crippen LogP contribution in [0.5, 0.6) is 0 Å². The summed E-state index contributed by atoms with van der Waals surface area (Å²) in [5.41, 5.74) is 1.08. The molecule has 1 aromatic carbocycles. The predicted molar refractivity (Wildman–Crippen MR) is 107 cm³/mol. The molecule has 2 fully saturated rings. The molecule has 152 valence electrons. The number of carbonyl (C=O) groups excluding carboxylic acids is 1. The Labute approximate surface area is 166 Å². The van der Waals surface area contributed by atoms with E-state index in [1.54, 1.807) is 0 Å². The van der Waals surface area contributed by atoms with Crippen molar-refractivity contribution >= 4 is 12.0 Å². The van der Waals surface area contributed by atoms with Crippen LogP contribution in [0.1, 0.15) is 44.1 Å². The molecular formula is C22H30N2O4. The quantitative estimate of drug-likeness (QED) is 0.424. The number of aliphatic carboxylic acids is 1. The first-order chi connectivity index (χ1) is 13.6. The van der Waals surface area contributed by atoms with E-state index < -0.39 is 5.97 Å². The number of fused-ring (bicyclic) bond motifs is 2. The van der Waals surface area contributed by atoms with Crippen LogP contribution in [0.15, 0.2) is 42.5 Å². The van der Waals surface area contributed by atoms with Crippen molar-refractivity contribution in [3.8, 4) is 0 Å². The van der Waals surface area contributed by atoms with Gasteiger partial charge in [-0.1, -0.05) is 42.5 Å². The third kappa shape index (κ3) is 5.83. The first-order valence-electron chi connectivity index (χ1n) is 10.2. The fraction of sp³-hybridized carbons (Fsp3) is 0.545. The van der Waals surface area contributed by atoms with Crippen LogP contribution in [0.4, 0.5) is 4.79 Å². The minimum atomic E-state index is -0.744. The fourth-order valence-electron chi connectivity index (χ4n) is 4.27.